The lowest BCUT2D eigenvalue weighted by molar-refractivity contribution is 0.103. The number of rotatable bonds is 3. The second-order valence-corrected chi connectivity index (χ2v) is 5.43. The van der Waals surface area contributed by atoms with E-state index in [0.29, 0.717) is 21.9 Å². The number of nitrogens with two attached hydrogens (primary N) is 1. The summed E-state index contributed by atoms with van der Waals surface area (Å²) < 4.78 is 14.3. The van der Waals surface area contributed by atoms with Crippen molar-refractivity contribution in [3.8, 4) is 0 Å². The van der Waals surface area contributed by atoms with Crippen molar-refractivity contribution in [3.63, 3.8) is 0 Å². The topological polar surface area (TPSA) is 76.0 Å². The van der Waals surface area contributed by atoms with Crippen LogP contribution in [-0.4, -0.2) is 10.8 Å². The summed E-state index contributed by atoms with van der Waals surface area (Å²) in [6, 6.07) is 10.5. The fourth-order valence-electron chi connectivity index (χ4n) is 2.56. The van der Waals surface area contributed by atoms with Crippen LogP contribution >= 0.6 is 0 Å². The van der Waals surface area contributed by atoms with Gasteiger partial charge in [-0.1, -0.05) is 18.2 Å². The first-order chi connectivity index (χ1) is 11.0. The van der Waals surface area contributed by atoms with Crippen LogP contribution in [-0.2, 0) is 0 Å². The van der Waals surface area contributed by atoms with Crippen LogP contribution in [0.25, 0.3) is 10.8 Å². The SMILES string of the molecule is CC(N)c1ccc(C(=O)c2cccc3c(=O)[nH]ccc23)c(F)c1. The molecule has 1 unspecified atom stereocenters. The fraction of sp³-hybridized carbons (Fsp3) is 0.111. The number of pyridine rings is 1. The number of halogens is 1. The van der Waals surface area contributed by atoms with E-state index >= 15 is 0 Å². The Morgan fingerprint density at radius 3 is 2.61 bits per heavy atom. The molecule has 0 spiro atoms. The Morgan fingerprint density at radius 2 is 1.91 bits per heavy atom. The van der Waals surface area contributed by atoms with E-state index < -0.39 is 11.6 Å². The highest BCUT2D eigenvalue weighted by Gasteiger charge is 2.18. The quantitative estimate of drug-likeness (QED) is 0.730. The molecule has 2 aromatic carbocycles. The van der Waals surface area contributed by atoms with Crippen LogP contribution < -0.4 is 11.3 Å². The third-order valence-corrected chi connectivity index (χ3v) is 3.82. The van der Waals surface area contributed by atoms with Crippen molar-refractivity contribution in [1.29, 1.82) is 0 Å². The van der Waals surface area contributed by atoms with Crippen molar-refractivity contribution < 1.29 is 9.18 Å². The van der Waals surface area contributed by atoms with E-state index in [0.717, 1.165) is 0 Å². The van der Waals surface area contributed by atoms with Crippen molar-refractivity contribution in [2.24, 2.45) is 5.73 Å². The smallest absolute Gasteiger partial charge is 0.255 e. The molecule has 0 aliphatic heterocycles. The van der Waals surface area contributed by atoms with Crippen molar-refractivity contribution >= 4 is 16.6 Å². The maximum Gasteiger partial charge on any atom is 0.255 e. The molecule has 1 aromatic heterocycles. The van der Waals surface area contributed by atoms with Gasteiger partial charge in [-0.05, 0) is 42.1 Å². The molecule has 4 nitrogen and oxygen atoms in total. The average Bonchev–Trinajstić information content (AvgIpc) is 2.54. The average molecular weight is 310 g/mol. The number of nitrogens with one attached hydrogen (secondary N) is 1. The number of ketones is 1. The number of hydrogen-bond acceptors (Lipinski definition) is 3. The third-order valence-electron chi connectivity index (χ3n) is 3.82. The fourth-order valence-corrected chi connectivity index (χ4v) is 2.56. The van der Waals surface area contributed by atoms with Gasteiger partial charge in [0.15, 0.2) is 5.78 Å². The van der Waals surface area contributed by atoms with Crippen LogP contribution in [0.4, 0.5) is 4.39 Å². The molecule has 3 rings (SSSR count). The normalized spacial score (nSPS) is 12.3. The van der Waals surface area contributed by atoms with Crippen LogP contribution in [0.5, 0.6) is 0 Å². The molecule has 3 N–H and O–H groups in total. The Balaban J connectivity index is 2.15. The van der Waals surface area contributed by atoms with Gasteiger partial charge in [0.25, 0.3) is 5.56 Å². The van der Waals surface area contributed by atoms with E-state index in [1.165, 1.54) is 18.3 Å². The van der Waals surface area contributed by atoms with Gasteiger partial charge in [0.1, 0.15) is 5.82 Å². The molecule has 3 aromatic rings. The Kier molecular flexibility index (Phi) is 3.80. The van der Waals surface area contributed by atoms with Crippen molar-refractivity contribution in [1.82, 2.24) is 4.98 Å². The first-order valence-electron chi connectivity index (χ1n) is 7.19. The van der Waals surface area contributed by atoms with Gasteiger partial charge in [-0.25, -0.2) is 4.39 Å². The summed E-state index contributed by atoms with van der Waals surface area (Å²) in [6.45, 7) is 1.74. The van der Waals surface area contributed by atoms with E-state index in [1.54, 1.807) is 37.3 Å². The number of aromatic amines is 1. The Labute approximate surface area is 131 Å². The summed E-state index contributed by atoms with van der Waals surface area (Å²) in [5.41, 5.74) is 6.31. The van der Waals surface area contributed by atoms with Crippen LogP contribution in [0.2, 0.25) is 0 Å². The summed E-state index contributed by atoms with van der Waals surface area (Å²) in [7, 11) is 0. The van der Waals surface area contributed by atoms with Gasteiger partial charge in [-0.2, -0.15) is 0 Å². The summed E-state index contributed by atoms with van der Waals surface area (Å²) in [6.07, 6.45) is 1.47. The zero-order valence-electron chi connectivity index (χ0n) is 12.5. The first kappa shape index (κ1) is 15.1. The van der Waals surface area contributed by atoms with Crippen molar-refractivity contribution in [3.05, 3.63) is 81.5 Å². The monoisotopic (exact) mass is 310 g/mol. The highest BCUT2D eigenvalue weighted by atomic mass is 19.1. The minimum absolute atomic E-state index is 0.0396. The molecule has 0 saturated carbocycles. The van der Waals surface area contributed by atoms with Crippen molar-refractivity contribution in [2.45, 2.75) is 13.0 Å². The highest BCUT2D eigenvalue weighted by Crippen LogP contribution is 2.22. The molecule has 0 aliphatic carbocycles. The predicted octanol–water partition coefficient (Wildman–Crippen LogP) is 2.92. The van der Waals surface area contributed by atoms with Gasteiger partial charge in [-0.3, -0.25) is 9.59 Å². The molecule has 0 amide bonds. The number of hydrogen-bond donors (Lipinski definition) is 2. The van der Waals surface area contributed by atoms with Crippen LogP contribution in [0, 0.1) is 5.82 Å². The molecule has 0 saturated heterocycles. The zero-order chi connectivity index (χ0) is 16.6. The summed E-state index contributed by atoms with van der Waals surface area (Å²) in [5.74, 6) is -1.08. The van der Waals surface area contributed by atoms with Gasteiger partial charge >= 0.3 is 0 Å². The molecule has 5 heteroatoms. The number of aromatic nitrogens is 1. The maximum absolute atomic E-state index is 14.3. The molecule has 23 heavy (non-hydrogen) atoms. The molecule has 0 fully saturated rings. The second-order valence-electron chi connectivity index (χ2n) is 5.43. The van der Waals surface area contributed by atoms with E-state index in [1.807, 2.05) is 0 Å². The lowest BCUT2D eigenvalue weighted by atomic mass is 9.96. The van der Waals surface area contributed by atoms with E-state index in [-0.39, 0.29) is 17.2 Å². The Hall–Kier alpha value is -2.79. The van der Waals surface area contributed by atoms with E-state index in [2.05, 4.69) is 4.98 Å². The number of H-pyrrole nitrogens is 1. The Bertz CT molecular complexity index is 961. The molecule has 1 heterocycles. The zero-order valence-corrected chi connectivity index (χ0v) is 12.5. The lowest BCUT2D eigenvalue weighted by Gasteiger charge is -2.09. The first-order valence-corrected chi connectivity index (χ1v) is 7.19. The molecule has 116 valence electrons. The van der Waals surface area contributed by atoms with Gasteiger partial charge in [0.05, 0.1) is 5.56 Å². The molecule has 0 aliphatic rings. The maximum atomic E-state index is 14.3. The molecular formula is C18H15FN2O2. The largest absolute Gasteiger partial charge is 0.329 e. The van der Waals surface area contributed by atoms with Gasteiger partial charge in [0, 0.05) is 23.2 Å². The van der Waals surface area contributed by atoms with Crippen molar-refractivity contribution in [2.75, 3.05) is 0 Å². The number of benzene rings is 2. The standard InChI is InChI=1S/C18H15FN2O2/c1-10(20)11-5-6-15(16(19)9-11)17(22)13-3-2-4-14-12(13)7-8-21-18(14)23/h2-10H,20H2,1H3,(H,21,23). The molecule has 0 radical (unpaired) electrons. The van der Waals surface area contributed by atoms with Gasteiger partial charge in [0.2, 0.25) is 0 Å². The third kappa shape index (κ3) is 2.66. The summed E-state index contributed by atoms with van der Waals surface area (Å²) >= 11 is 0. The van der Waals surface area contributed by atoms with Crippen LogP contribution in [0.15, 0.2) is 53.5 Å². The summed E-state index contributed by atoms with van der Waals surface area (Å²) in [4.78, 5) is 27.1. The molecule has 0 bridgehead atoms. The van der Waals surface area contributed by atoms with Crippen LogP contribution in [0.1, 0.15) is 34.5 Å². The van der Waals surface area contributed by atoms with Crippen LogP contribution in [0.3, 0.4) is 0 Å². The number of fused-ring (bicyclic) bond motifs is 1. The highest BCUT2D eigenvalue weighted by molar-refractivity contribution is 6.16. The summed E-state index contributed by atoms with van der Waals surface area (Å²) in [5, 5.41) is 0.892. The second kappa shape index (κ2) is 5.78. The number of carbonyl (C=O) groups is 1. The Morgan fingerprint density at radius 1 is 1.13 bits per heavy atom. The molecular weight excluding hydrogens is 295 g/mol. The lowest BCUT2D eigenvalue weighted by Crippen LogP contribution is -2.11. The van der Waals surface area contributed by atoms with E-state index in [4.69, 9.17) is 5.73 Å². The minimum atomic E-state index is -0.619. The molecule has 1 atom stereocenters. The van der Waals surface area contributed by atoms with E-state index in [9.17, 15) is 14.0 Å². The van der Waals surface area contributed by atoms with Gasteiger partial charge < -0.3 is 10.7 Å². The predicted molar refractivity (Wildman–Crippen MR) is 87.0 cm³/mol. The number of carbonyl (C=O) groups excluding carboxylic acids is 1. The van der Waals surface area contributed by atoms with Gasteiger partial charge in [-0.15, -0.1) is 0 Å². The minimum Gasteiger partial charge on any atom is -0.329 e.